The molecule has 19 heteroatoms. The van der Waals surface area contributed by atoms with Crippen LogP contribution in [0.25, 0.3) is 0 Å². The van der Waals surface area contributed by atoms with E-state index in [9.17, 15) is 43.2 Å². The first kappa shape index (κ1) is 100.0. The molecule has 0 aliphatic heterocycles. The number of hydrogen-bond acceptors (Lipinski definition) is 15. The SMILES string of the molecule is CC/C=C\C/C=C\C/C=C\C/C=C\CCCCCCCCC(=O)OCC(COP(=O)(O)OCC(O)COP(=O)(O)OCC(COC(=O)CCCCCCCCCCCCCCCCC)OC(=O)CCCCCCC/C=C\CCCCCC)OC(=O)CCCCCCCCC/C=C\C/C=C\C/C=C\CC. The normalized spacial score (nSPS) is 14.3. The average molecular weight is 1510 g/mol. The van der Waals surface area contributed by atoms with Crippen molar-refractivity contribution in [3.05, 3.63) is 97.2 Å². The first-order chi connectivity index (χ1) is 50.7. The van der Waals surface area contributed by atoms with E-state index in [2.05, 4.69) is 125 Å². The highest BCUT2D eigenvalue weighted by Gasteiger charge is 2.30. The number of allylic oxidation sites excluding steroid dienone is 16. The van der Waals surface area contributed by atoms with Crippen LogP contribution in [0.4, 0.5) is 0 Å². The van der Waals surface area contributed by atoms with Gasteiger partial charge >= 0.3 is 39.5 Å². The van der Waals surface area contributed by atoms with Crippen molar-refractivity contribution in [1.82, 2.24) is 0 Å². The highest BCUT2D eigenvalue weighted by atomic mass is 31.2. The first-order valence-corrected chi connectivity index (χ1v) is 44.5. The maximum absolute atomic E-state index is 13.1. The summed E-state index contributed by atoms with van der Waals surface area (Å²) in [4.78, 5) is 73.1. The number of aliphatic hydroxyl groups excluding tert-OH is 1. The summed E-state index contributed by atoms with van der Waals surface area (Å²) in [5.74, 6) is -2.18. The molecule has 0 saturated heterocycles. The van der Waals surface area contributed by atoms with E-state index in [0.29, 0.717) is 25.7 Å². The molecule has 3 N–H and O–H groups in total. The van der Waals surface area contributed by atoms with Crippen LogP contribution in [0.15, 0.2) is 97.2 Å². The molecule has 0 bridgehead atoms. The monoisotopic (exact) mass is 1510 g/mol. The number of hydrogen-bond donors (Lipinski definition) is 3. The third-order valence-corrected chi connectivity index (χ3v) is 19.4. The molecule has 0 spiro atoms. The molecule has 0 radical (unpaired) electrons. The largest absolute Gasteiger partial charge is 0.472 e. The van der Waals surface area contributed by atoms with E-state index < -0.39 is 97.5 Å². The summed E-state index contributed by atoms with van der Waals surface area (Å²) in [6, 6.07) is 0. The zero-order chi connectivity index (χ0) is 76.0. The predicted octanol–water partition coefficient (Wildman–Crippen LogP) is 24.3. The number of aliphatic hydroxyl groups is 1. The fourth-order valence-electron chi connectivity index (χ4n) is 11.3. The number of ether oxygens (including phenoxy) is 4. The van der Waals surface area contributed by atoms with Gasteiger partial charge in [0.1, 0.15) is 19.3 Å². The molecule has 0 heterocycles. The minimum atomic E-state index is -4.98. The van der Waals surface area contributed by atoms with Gasteiger partial charge in [-0.2, -0.15) is 0 Å². The molecule has 17 nitrogen and oxygen atoms in total. The molecule has 5 unspecified atom stereocenters. The van der Waals surface area contributed by atoms with Gasteiger partial charge in [0.15, 0.2) is 12.2 Å². The van der Waals surface area contributed by atoms with Crippen LogP contribution in [0.3, 0.4) is 0 Å². The van der Waals surface area contributed by atoms with Crippen molar-refractivity contribution >= 4 is 39.5 Å². The summed E-state index contributed by atoms with van der Waals surface area (Å²) >= 11 is 0. The minimum Gasteiger partial charge on any atom is -0.462 e. The van der Waals surface area contributed by atoms with Crippen molar-refractivity contribution in [2.45, 2.75) is 380 Å². The van der Waals surface area contributed by atoms with Crippen LogP contribution in [-0.2, 0) is 65.4 Å². The predicted molar refractivity (Wildman–Crippen MR) is 427 cm³/mol. The Balaban J connectivity index is 5.35. The maximum atomic E-state index is 13.1. The van der Waals surface area contributed by atoms with Crippen molar-refractivity contribution in [2.75, 3.05) is 39.6 Å². The molecular weight excluding hydrogens is 1350 g/mol. The number of unbranched alkanes of at least 4 members (excludes halogenated alkanes) is 36. The number of carbonyl (C=O) groups is 4. The molecular formula is C85H150O17P2. The van der Waals surface area contributed by atoms with Crippen molar-refractivity contribution in [3.63, 3.8) is 0 Å². The van der Waals surface area contributed by atoms with Crippen molar-refractivity contribution in [2.24, 2.45) is 0 Å². The molecule has 0 amide bonds. The Morgan fingerprint density at radius 1 is 0.279 bits per heavy atom. The third kappa shape index (κ3) is 76.2. The summed E-state index contributed by atoms with van der Waals surface area (Å²) in [6.45, 7) is 4.67. The Labute approximate surface area is 633 Å². The Hall–Kier alpha value is -4.02. The van der Waals surface area contributed by atoms with Crippen LogP contribution in [0.1, 0.15) is 362 Å². The van der Waals surface area contributed by atoms with E-state index in [1.165, 1.54) is 96.3 Å². The Morgan fingerprint density at radius 3 is 0.788 bits per heavy atom. The minimum absolute atomic E-state index is 0.0803. The van der Waals surface area contributed by atoms with Gasteiger partial charge in [-0.05, 0) is 122 Å². The molecule has 104 heavy (non-hydrogen) atoms. The number of phosphoric ester groups is 2. The van der Waals surface area contributed by atoms with Crippen molar-refractivity contribution < 1.29 is 80.2 Å². The molecule has 0 aliphatic carbocycles. The lowest BCUT2D eigenvalue weighted by molar-refractivity contribution is -0.161. The van der Waals surface area contributed by atoms with Crippen LogP contribution in [-0.4, -0.2) is 96.7 Å². The lowest BCUT2D eigenvalue weighted by atomic mass is 10.0. The van der Waals surface area contributed by atoms with Gasteiger partial charge in [0, 0.05) is 25.7 Å². The summed E-state index contributed by atoms with van der Waals surface area (Å²) in [7, 11) is -9.96. The van der Waals surface area contributed by atoms with Gasteiger partial charge < -0.3 is 33.8 Å². The first-order valence-electron chi connectivity index (χ1n) is 41.5. The molecule has 0 aromatic carbocycles. The number of esters is 4. The second-order valence-electron chi connectivity index (χ2n) is 27.7. The molecule has 0 aromatic rings. The topological polar surface area (TPSA) is 237 Å². The second-order valence-corrected chi connectivity index (χ2v) is 30.6. The van der Waals surface area contributed by atoms with Gasteiger partial charge in [-0.25, -0.2) is 9.13 Å². The molecule has 0 rings (SSSR count). The standard InChI is InChI=1S/C85H150O17P2/c1-5-9-13-17-21-25-29-33-36-38-39-41-43-47-50-54-58-62-66-70-83(88)96-76-81(102-85(90)72-68-64-60-56-52-48-44-40-37-34-30-26-22-18-14-10-6-2)78-100-104(93,94)98-74-79(86)73-97-103(91,92)99-77-80(101-84(89)71-67-63-59-55-51-45-32-28-24-20-16-12-8-4)75-95-82(87)69-65-61-57-53-49-46-42-35-31-27-23-19-15-11-7-3/h9-10,13-14,21-22,25-26,28,32-34,36-37,39,41,79-81,86H,5-8,11-12,15-20,23-24,27,29-31,35,38,40,42-78H2,1-4H3,(H,91,92)(H,93,94)/b13-9-,14-10-,25-21-,26-22-,32-28-,36-33-,37-34-,41-39-. The van der Waals surface area contributed by atoms with Gasteiger partial charge in [-0.1, -0.05) is 311 Å². The molecule has 0 aromatic heterocycles. The highest BCUT2D eigenvalue weighted by molar-refractivity contribution is 7.47. The Kier molecular flexibility index (Phi) is 74.2. The number of phosphoric acid groups is 2. The lowest BCUT2D eigenvalue weighted by Crippen LogP contribution is -2.30. The van der Waals surface area contributed by atoms with Gasteiger partial charge in [-0.3, -0.25) is 37.3 Å². The molecule has 0 fully saturated rings. The zero-order valence-corrected chi connectivity index (χ0v) is 67.7. The van der Waals surface area contributed by atoms with Crippen LogP contribution in [0, 0.1) is 0 Å². The van der Waals surface area contributed by atoms with E-state index in [4.69, 9.17) is 37.0 Å². The van der Waals surface area contributed by atoms with Crippen LogP contribution in [0.5, 0.6) is 0 Å². The van der Waals surface area contributed by atoms with Gasteiger partial charge in [0.05, 0.1) is 26.4 Å². The maximum Gasteiger partial charge on any atom is 0.472 e. The fourth-order valence-corrected chi connectivity index (χ4v) is 12.9. The summed E-state index contributed by atoms with van der Waals surface area (Å²) in [6.07, 6.45) is 82.3. The zero-order valence-electron chi connectivity index (χ0n) is 65.9. The van der Waals surface area contributed by atoms with E-state index in [-0.39, 0.29) is 25.7 Å². The summed E-state index contributed by atoms with van der Waals surface area (Å²) in [5.41, 5.74) is 0. The molecule has 0 aliphatic rings. The van der Waals surface area contributed by atoms with Gasteiger partial charge in [0.25, 0.3) is 0 Å². The van der Waals surface area contributed by atoms with Crippen molar-refractivity contribution in [1.29, 1.82) is 0 Å². The van der Waals surface area contributed by atoms with Crippen molar-refractivity contribution in [3.8, 4) is 0 Å². The van der Waals surface area contributed by atoms with E-state index >= 15 is 0 Å². The summed E-state index contributed by atoms with van der Waals surface area (Å²) in [5, 5.41) is 10.7. The quantitative estimate of drug-likeness (QED) is 0.0169. The third-order valence-electron chi connectivity index (χ3n) is 17.5. The second kappa shape index (κ2) is 77.1. The van der Waals surface area contributed by atoms with Crippen LogP contribution >= 0.6 is 15.6 Å². The van der Waals surface area contributed by atoms with E-state index in [1.54, 1.807) is 0 Å². The summed E-state index contributed by atoms with van der Waals surface area (Å²) < 4.78 is 68.7. The Morgan fingerprint density at radius 2 is 0.500 bits per heavy atom. The molecule has 602 valence electrons. The average Bonchev–Trinajstić information content (AvgIpc) is 0.911. The molecule has 0 saturated carbocycles. The number of rotatable bonds is 78. The van der Waals surface area contributed by atoms with Crippen LogP contribution < -0.4 is 0 Å². The van der Waals surface area contributed by atoms with Gasteiger partial charge in [-0.15, -0.1) is 0 Å². The fraction of sp³-hybridized carbons (Fsp3) is 0.765. The van der Waals surface area contributed by atoms with E-state index in [0.717, 1.165) is 186 Å². The Bertz CT molecular complexity index is 2350. The van der Waals surface area contributed by atoms with Gasteiger partial charge in [0.2, 0.25) is 0 Å². The number of carbonyl (C=O) groups excluding carboxylic acids is 4. The smallest absolute Gasteiger partial charge is 0.462 e. The molecule has 5 atom stereocenters. The van der Waals surface area contributed by atoms with E-state index in [1.807, 2.05) is 0 Å². The van der Waals surface area contributed by atoms with Crippen LogP contribution in [0.2, 0.25) is 0 Å². The lowest BCUT2D eigenvalue weighted by Gasteiger charge is -2.21. The highest BCUT2D eigenvalue weighted by Crippen LogP contribution is 2.45.